The van der Waals surface area contributed by atoms with Crippen LogP contribution in [0.5, 0.6) is 0 Å². The SMILES string of the molecule is O=P1(c2ccccc2)c2ccccc2-c2cc3c(cc21)c1c2ccccc2ccc1n3-c1ccccc1. The number of hydrogen-bond acceptors (Lipinski definition) is 1. The van der Waals surface area contributed by atoms with Crippen LogP contribution in [0.4, 0.5) is 0 Å². The van der Waals surface area contributed by atoms with Crippen LogP contribution in [0.3, 0.4) is 0 Å². The highest BCUT2D eigenvalue weighted by Crippen LogP contribution is 2.53. The van der Waals surface area contributed by atoms with E-state index in [2.05, 4.69) is 89.5 Å². The monoisotopic (exact) mass is 491 g/mol. The smallest absolute Gasteiger partial charge is 0.172 e. The molecule has 37 heavy (non-hydrogen) atoms. The molecule has 0 fully saturated rings. The molecule has 0 bridgehead atoms. The van der Waals surface area contributed by atoms with Gasteiger partial charge in [0.25, 0.3) is 0 Å². The Balaban J connectivity index is 1.59. The van der Waals surface area contributed by atoms with Crippen molar-refractivity contribution in [3.05, 3.63) is 133 Å². The van der Waals surface area contributed by atoms with Gasteiger partial charge in [0.15, 0.2) is 7.14 Å². The molecular formula is C34H22NOP. The van der Waals surface area contributed by atoms with E-state index in [-0.39, 0.29) is 0 Å². The maximum absolute atomic E-state index is 15.2. The van der Waals surface area contributed by atoms with Gasteiger partial charge in [0.05, 0.1) is 11.0 Å². The third kappa shape index (κ3) is 2.74. The maximum Gasteiger partial charge on any atom is 0.172 e. The third-order valence-electron chi connectivity index (χ3n) is 7.78. The van der Waals surface area contributed by atoms with E-state index in [1.165, 1.54) is 16.2 Å². The van der Waals surface area contributed by atoms with Gasteiger partial charge in [0, 0.05) is 32.4 Å². The molecule has 1 atom stereocenters. The van der Waals surface area contributed by atoms with Crippen molar-refractivity contribution in [2.75, 3.05) is 0 Å². The summed E-state index contributed by atoms with van der Waals surface area (Å²) in [5, 5.41) is 7.52. The molecule has 174 valence electrons. The Morgan fingerprint density at radius 3 is 2.05 bits per heavy atom. The molecule has 3 heteroatoms. The molecule has 0 aliphatic carbocycles. The minimum absolute atomic E-state index is 0.886. The van der Waals surface area contributed by atoms with Gasteiger partial charge >= 0.3 is 0 Å². The lowest BCUT2D eigenvalue weighted by Crippen LogP contribution is -2.20. The summed E-state index contributed by atoms with van der Waals surface area (Å²) in [5.41, 5.74) is 5.55. The fourth-order valence-corrected chi connectivity index (χ4v) is 9.25. The fourth-order valence-electron chi connectivity index (χ4n) is 6.17. The molecule has 2 heterocycles. The Morgan fingerprint density at radius 2 is 1.22 bits per heavy atom. The topological polar surface area (TPSA) is 22.0 Å². The van der Waals surface area contributed by atoms with E-state index in [1.807, 2.05) is 48.5 Å². The average molecular weight is 492 g/mol. The predicted molar refractivity (Wildman–Crippen MR) is 157 cm³/mol. The van der Waals surface area contributed by atoms with Crippen molar-refractivity contribution in [1.82, 2.24) is 4.57 Å². The minimum Gasteiger partial charge on any atom is -0.309 e. The van der Waals surface area contributed by atoms with E-state index in [0.717, 1.165) is 49.1 Å². The highest BCUT2D eigenvalue weighted by Gasteiger charge is 2.40. The molecule has 8 rings (SSSR count). The third-order valence-corrected chi connectivity index (χ3v) is 10.9. The normalized spacial score (nSPS) is 16.3. The fraction of sp³-hybridized carbons (Fsp3) is 0. The van der Waals surface area contributed by atoms with Gasteiger partial charge < -0.3 is 9.13 Å². The second-order valence-corrected chi connectivity index (χ2v) is 12.4. The number of para-hydroxylation sites is 1. The number of aromatic nitrogens is 1. The average Bonchev–Trinajstić information content (AvgIpc) is 3.43. The zero-order valence-electron chi connectivity index (χ0n) is 20.0. The van der Waals surface area contributed by atoms with Gasteiger partial charge in [-0.05, 0) is 52.2 Å². The zero-order valence-corrected chi connectivity index (χ0v) is 20.9. The molecular weight excluding hydrogens is 469 g/mol. The largest absolute Gasteiger partial charge is 0.309 e. The molecule has 1 aromatic heterocycles. The number of benzene rings is 6. The standard InChI is InChI=1S/C34H22NOP/c36-37(25-14-5-2-6-15-25)32-18-10-9-17-27(32)28-21-31-29(22-33(28)37)34-26-16-8-7-11-23(26)19-20-30(34)35(31)24-12-3-1-4-13-24/h1-22H. The van der Waals surface area contributed by atoms with Gasteiger partial charge in [-0.1, -0.05) is 103 Å². The van der Waals surface area contributed by atoms with Crippen LogP contribution in [0.1, 0.15) is 0 Å². The Morgan fingerprint density at radius 1 is 0.514 bits per heavy atom. The summed E-state index contributed by atoms with van der Waals surface area (Å²) in [7, 11) is -3.02. The molecule has 1 aliphatic rings. The molecule has 6 aromatic carbocycles. The molecule has 0 radical (unpaired) electrons. The van der Waals surface area contributed by atoms with Crippen LogP contribution < -0.4 is 15.9 Å². The van der Waals surface area contributed by atoms with E-state index < -0.39 is 7.14 Å². The van der Waals surface area contributed by atoms with Gasteiger partial charge in [-0.3, -0.25) is 0 Å². The molecule has 0 N–H and O–H groups in total. The number of nitrogens with zero attached hydrogens (tertiary/aromatic N) is 1. The van der Waals surface area contributed by atoms with Gasteiger partial charge in [0.1, 0.15) is 0 Å². The van der Waals surface area contributed by atoms with Crippen molar-refractivity contribution in [1.29, 1.82) is 0 Å². The molecule has 7 aromatic rings. The quantitative estimate of drug-likeness (QED) is 0.229. The lowest BCUT2D eigenvalue weighted by atomic mass is 10.0. The van der Waals surface area contributed by atoms with E-state index in [4.69, 9.17) is 0 Å². The minimum atomic E-state index is -3.02. The molecule has 0 saturated carbocycles. The Hall–Kier alpha value is -4.39. The van der Waals surface area contributed by atoms with Crippen LogP contribution in [-0.4, -0.2) is 4.57 Å². The van der Waals surface area contributed by atoms with Gasteiger partial charge in [-0.15, -0.1) is 0 Å². The van der Waals surface area contributed by atoms with Crippen LogP contribution in [0, 0.1) is 0 Å². The van der Waals surface area contributed by atoms with Crippen LogP contribution in [-0.2, 0) is 4.57 Å². The highest BCUT2D eigenvalue weighted by molar-refractivity contribution is 7.86. The highest BCUT2D eigenvalue weighted by atomic mass is 31.2. The van der Waals surface area contributed by atoms with Crippen molar-refractivity contribution in [3.63, 3.8) is 0 Å². The lowest BCUT2D eigenvalue weighted by Gasteiger charge is -2.16. The van der Waals surface area contributed by atoms with Crippen LogP contribution in [0.25, 0.3) is 49.4 Å². The van der Waals surface area contributed by atoms with Crippen molar-refractivity contribution >= 4 is 55.6 Å². The van der Waals surface area contributed by atoms with E-state index in [0.29, 0.717) is 0 Å². The van der Waals surface area contributed by atoms with Crippen LogP contribution in [0.15, 0.2) is 133 Å². The predicted octanol–water partition coefficient (Wildman–Crippen LogP) is 7.56. The molecule has 0 saturated heterocycles. The first-order valence-electron chi connectivity index (χ1n) is 12.6. The molecule has 0 spiro atoms. The van der Waals surface area contributed by atoms with Crippen molar-refractivity contribution < 1.29 is 4.57 Å². The summed E-state index contributed by atoms with van der Waals surface area (Å²) in [6.07, 6.45) is 0. The maximum atomic E-state index is 15.2. The number of fused-ring (bicyclic) bond motifs is 8. The van der Waals surface area contributed by atoms with E-state index in [9.17, 15) is 0 Å². The van der Waals surface area contributed by atoms with E-state index in [1.54, 1.807) is 0 Å². The van der Waals surface area contributed by atoms with Gasteiger partial charge in [-0.25, -0.2) is 0 Å². The van der Waals surface area contributed by atoms with Gasteiger partial charge in [0.2, 0.25) is 0 Å². The first-order valence-corrected chi connectivity index (χ1v) is 14.3. The Labute approximate surface area is 214 Å². The van der Waals surface area contributed by atoms with Gasteiger partial charge in [-0.2, -0.15) is 0 Å². The van der Waals surface area contributed by atoms with E-state index >= 15 is 4.57 Å². The van der Waals surface area contributed by atoms with Crippen molar-refractivity contribution in [3.8, 4) is 16.8 Å². The Bertz CT molecular complexity index is 2060. The summed E-state index contributed by atoms with van der Waals surface area (Å²) in [5.74, 6) is 0. The first kappa shape index (κ1) is 20.8. The summed E-state index contributed by atoms with van der Waals surface area (Å²) in [6.45, 7) is 0. The number of rotatable bonds is 2. The molecule has 1 aliphatic heterocycles. The first-order chi connectivity index (χ1) is 18.2. The summed E-state index contributed by atoms with van der Waals surface area (Å²) in [6, 6.07) is 46.2. The van der Waals surface area contributed by atoms with Crippen LogP contribution >= 0.6 is 7.14 Å². The molecule has 1 unspecified atom stereocenters. The lowest BCUT2D eigenvalue weighted by molar-refractivity contribution is 0.593. The van der Waals surface area contributed by atoms with Crippen molar-refractivity contribution in [2.45, 2.75) is 0 Å². The summed E-state index contributed by atoms with van der Waals surface area (Å²) >= 11 is 0. The Kier molecular flexibility index (Phi) is 4.24. The van der Waals surface area contributed by atoms with Crippen LogP contribution in [0.2, 0.25) is 0 Å². The number of hydrogen-bond donors (Lipinski definition) is 0. The zero-order chi connectivity index (χ0) is 24.6. The second kappa shape index (κ2) is 7.56. The second-order valence-electron chi connectivity index (χ2n) is 9.70. The molecule has 2 nitrogen and oxygen atoms in total. The summed E-state index contributed by atoms with van der Waals surface area (Å²) in [4.78, 5) is 0. The summed E-state index contributed by atoms with van der Waals surface area (Å²) < 4.78 is 17.5. The van der Waals surface area contributed by atoms with Crippen molar-refractivity contribution in [2.24, 2.45) is 0 Å². The molecule has 0 amide bonds.